The van der Waals surface area contributed by atoms with E-state index in [9.17, 15) is 4.79 Å². The van der Waals surface area contributed by atoms with Crippen molar-refractivity contribution in [3.8, 4) is 0 Å². The molecule has 1 aromatic carbocycles. The molecule has 2 rings (SSSR count). The zero-order valence-electron chi connectivity index (χ0n) is 13.6. The van der Waals surface area contributed by atoms with Gasteiger partial charge >= 0.3 is 0 Å². The number of carbonyl (C=O) groups is 1. The summed E-state index contributed by atoms with van der Waals surface area (Å²) in [6.07, 6.45) is 1.25. The van der Waals surface area contributed by atoms with Gasteiger partial charge in [0.05, 0.1) is 10.7 Å². The lowest BCUT2D eigenvalue weighted by Crippen LogP contribution is -2.44. The minimum Gasteiger partial charge on any atom is -0.368 e. The highest BCUT2D eigenvalue weighted by Gasteiger charge is 2.16. The Bertz CT molecular complexity index is 573. The van der Waals surface area contributed by atoms with Gasteiger partial charge in [0, 0.05) is 38.3 Å². The van der Waals surface area contributed by atoms with E-state index in [0.717, 1.165) is 44.0 Å². The van der Waals surface area contributed by atoms with Gasteiger partial charge in [0.1, 0.15) is 0 Å². The average Bonchev–Trinajstić information content (AvgIpc) is 2.48. The van der Waals surface area contributed by atoms with E-state index in [2.05, 4.69) is 27.5 Å². The molecule has 126 valence electrons. The van der Waals surface area contributed by atoms with Crippen LogP contribution in [0.2, 0.25) is 5.02 Å². The van der Waals surface area contributed by atoms with Crippen molar-refractivity contribution in [2.75, 3.05) is 43.4 Å². The number of likely N-dealkylation sites (N-methyl/N-ethyl adjacent to an activating group) is 1. The first-order valence-corrected chi connectivity index (χ1v) is 8.62. The third-order valence-corrected chi connectivity index (χ3v) is 4.29. The summed E-state index contributed by atoms with van der Waals surface area (Å²) in [6.45, 7) is 5.95. The summed E-state index contributed by atoms with van der Waals surface area (Å²) in [6, 6.07) is 5.76. The monoisotopic (exact) mass is 354 g/mol. The number of nitrogens with zero attached hydrogens (tertiary/aromatic N) is 2. The Morgan fingerprint density at radius 1 is 1.30 bits per heavy atom. The zero-order valence-corrected chi connectivity index (χ0v) is 15.1. The number of nitrogens with one attached hydrogen (secondary N) is 2. The molecule has 0 bridgehead atoms. The summed E-state index contributed by atoms with van der Waals surface area (Å²) in [5.74, 6) is -0.0786. The molecule has 0 spiro atoms. The fraction of sp³-hybridized carbons (Fsp3) is 0.500. The van der Waals surface area contributed by atoms with Crippen molar-refractivity contribution in [2.24, 2.45) is 0 Å². The van der Waals surface area contributed by atoms with Gasteiger partial charge in [-0.3, -0.25) is 4.79 Å². The SMILES string of the molecule is CCCC(=O)NC(=S)Nc1ccc(N2CCN(C)CC2)c(Cl)c1. The van der Waals surface area contributed by atoms with Gasteiger partial charge in [0.2, 0.25) is 5.91 Å². The minimum absolute atomic E-state index is 0.0786. The van der Waals surface area contributed by atoms with Crippen molar-refractivity contribution in [2.45, 2.75) is 19.8 Å². The smallest absolute Gasteiger partial charge is 0.226 e. The van der Waals surface area contributed by atoms with Crippen molar-refractivity contribution >= 4 is 46.2 Å². The van der Waals surface area contributed by atoms with E-state index in [-0.39, 0.29) is 5.91 Å². The number of amides is 1. The van der Waals surface area contributed by atoms with Crippen molar-refractivity contribution in [1.29, 1.82) is 0 Å². The Hall–Kier alpha value is -1.37. The maximum atomic E-state index is 11.5. The molecule has 1 aliphatic rings. The number of rotatable bonds is 4. The summed E-state index contributed by atoms with van der Waals surface area (Å²) in [4.78, 5) is 16.1. The van der Waals surface area contributed by atoms with Gasteiger partial charge in [-0.05, 0) is 43.9 Å². The quantitative estimate of drug-likeness (QED) is 0.814. The molecule has 23 heavy (non-hydrogen) atoms. The third kappa shape index (κ3) is 5.34. The predicted molar refractivity (Wildman–Crippen MR) is 100 cm³/mol. The van der Waals surface area contributed by atoms with E-state index in [0.29, 0.717) is 16.6 Å². The first kappa shape index (κ1) is 18.0. The van der Waals surface area contributed by atoms with Crippen LogP contribution in [0.1, 0.15) is 19.8 Å². The molecule has 0 unspecified atom stereocenters. The van der Waals surface area contributed by atoms with E-state index in [1.165, 1.54) is 0 Å². The Morgan fingerprint density at radius 2 is 2.00 bits per heavy atom. The standard InChI is InChI=1S/C16H23ClN4OS/c1-3-4-15(22)19-16(23)18-12-5-6-14(13(17)11-12)21-9-7-20(2)8-10-21/h5-6,11H,3-4,7-10H2,1-2H3,(H2,18,19,22,23). The number of benzene rings is 1. The number of hydrogen-bond acceptors (Lipinski definition) is 4. The van der Waals surface area contributed by atoms with Crippen LogP contribution in [0.15, 0.2) is 18.2 Å². The summed E-state index contributed by atoms with van der Waals surface area (Å²) in [5, 5.41) is 6.63. The average molecular weight is 355 g/mol. The number of hydrogen-bond donors (Lipinski definition) is 2. The Morgan fingerprint density at radius 3 is 2.61 bits per heavy atom. The van der Waals surface area contributed by atoms with E-state index in [1.54, 1.807) is 0 Å². The largest absolute Gasteiger partial charge is 0.368 e. The van der Waals surface area contributed by atoms with E-state index >= 15 is 0 Å². The highest BCUT2D eigenvalue weighted by molar-refractivity contribution is 7.80. The number of anilines is 2. The lowest BCUT2D eigenvalue weighted by molar-refractivity contribution is -0.119. The first-order chi connectivity index (χ1) is 11.0. The first-order valence-electron chi connectivity index (χ1n) is 7.83. The van der Waals surface area contributed by atoms with Crippen molar-refractivity contribution in [1.82, 2.24) is 10.2 Å². The van der Waals surface area contributed by atoms with E-state index < -0.39 is 0 Å². The van der Waals surface area contributed by atoms with Crippen LogP contribution in [0.4, 0.5) is 11.4 Å². The molecule has 1 aliphatic heterocycles. The molecule has 0 atom stereocenters. The number of thiocarbonyl (C=S) groups is 1. The molecule has 0 saturated carbocycles. The van der Waals surface area contributed by atoms with Crippen LogP contribution in [0.3, 0.4) is 0 Å². The van der Waals surface area contributed by atoms with Crippen LogP contribution < -0.4 is 15.5 Å². The second kappa shape index (κ2) is 8.47. The summed E-state index contributed by atoms with van der Waals surface area (Å²) >= 11 is 11.6. The van der Waals surface area contributed by atoms with Crippen LogP contribution in [0, 0.1) is 0 Å². The lowest BCUT2D eigenvalue weighted by atomic mass is 10.2. The summed E-state index contributed by atoms with van der Waals surface area (Å²) in [5.41, 5.74) is 1.81. The molecule has 7 heteroatoms. The van der Waals surface area contributed by atoms with Crippen molar-refractivity contribution in [3.05, 3.63) is 23.2 Å². The second-order valence-electron chi connectivity index (χ2n) is 5.71. The topological polar surface area (TPSA) is 47.6 Å². The lowest BCUT2D eigenvalue weighted by Gasteiger charge is -2.34. The third-order valence-electron chi connectivity index (χ3n) is 3.78. The molecular weight excluding hydrogens is 332 g/mol. The number of piperazine rings is 1. The van der Waals surface area contributed by atoms with Crippen molar-refractivity contribution < 1.29 is 4.79 Å². The maximum Gasteiger partial charge on any atom is 0.226 e. The van der Waals surface area contributed by atoms with E-state index in [4.69, 9.17) is 23.8 Å². The molecule has 1 aromatic rings. The van der Waals surface area contributed by atoms with Crippen LogP contribution >= 0.6 is 23.8 Å². The zero-order chi connectivity index (χ0) is 16.8. The second-order valence-corrected chi connectivity index (χ2v) is 6.52. The molecular formula is C16H23ClN4OS. The summed E-state index contributed by atoms with van der Waals surface area (Å²) < 4.78 is 0. The maximum absolute atomic E-state index is 11.5. The van der Waals surface area contributed by atoms with Crippen molar-refractivity contribution in [3.63, 3.8) is 0 Å². The number of carbonyl (C=O) groups excluding carboxylic acids is 1. The van der Waals surface area contributed by atoms with Gasteiger partial charge < -0.3 is 20.4 Å². The van der Waals surface area contributed by atoms with E-state index in [1.807, 2.05) is 25.1 Å². The predicted octanol–water partition coefficient (Wildman–Crippen LogP) is 2.70. The molecule has 1 amide bonds. The molecule has 0 aliphatic carbocycles. The highest BCUT2D eigenvalue weighted by Crippen LogP contribution is 2.29. The highest BCUT2D eigenvalue weighted by atomic mass is 35.5. The van der Waals surface area contributed by atoms with Gasteiger partial charge in [0.15, 0.2) is 5.11 Å². The number of halogens is 1. The van der Waals surface area contributed by atoms with Crippen LogP contribution in [0.25, 0.3) is 0 Å². The fourth-order valence-corrected chi connectivity index (χ4v) is 3.00. The van der Waals surface area contributed by atoms with Gasteiger partial charge in [-0.1, -0.05) is 18.5 Å². The van der Waals surface area contributed by atoms with Crippen LogP contribution in [-0.4, -0.2) is 49.1 Å². The van der Waals surface area contributed by atoms with Gasteiger partial charge in [-0.2, -0.15) is 0 Å². The van der Waals surface area contributed by atoms with Gasteiger partial charge in [-0.15, -0.1) is 0 Å². The minimum atomic E-state index is -0.0786. The van der Waals surface area contributed by atoms with Gasteiger partial charge in [-0.25, -0.2) is 0 Å². The Kier molecular flexibility index (Phi) is 6.62. The normalized spacial score (nSPS) is 15.3. The molecule has 2 N–H and O–H groups in total. The summed E-state index contributed by atoms with van der Waals surface area (Å²) in [7, 11) is 2.12. The van der Waals surface area contributed by atoms with Gasteiger partial charge in [0.25, 0.3) is 0 Å². The van der Waals surface area contributed by atoms with Crippen LogP contribution in [-0.2, 0) is 4.79 Å². The molecule has 1 heterocycles. The Labute approximate surface area is 148 Å². The van der Waals surface area contributed by atoms with Crippen LogP contribution in [0.5, 0.6) is 0 Å². The molecule has 0 aromatic heterocycles. The molecule has 0 radical (unpaired) electrons. The molecule has 5 nitrogen and oxygen atoms in total. The fourth-order valence-electron chi connectivity index (χ4n) is 2.47. The Balaban J connectivity index is 1.96. The molecule has 1 fully saturated rings. The molecule has 1 saturated heterocycles.